The van der Waals surface area contributed by atoms with Crippen LogP contribution in [0.25, 0.3) is 0 Å². The summed E-state index contributed by atoms with van der Waals surface area (Å²) in [5.41, 5.74) is 1.83. The van der Waals surface area contributed by atoms with E-state index in [0.29, 0.717) is 6.54 Å². The van der Waals surface area contributed by atoms with Gasteiger partial charge in [-0.3, -0.25) is 9.59 Å². The normalized spacial score (nSPS) is 15.0. The Morgan fingerprint density at radius 1 is 0.906 bits per heavy atom. The SMILES string of the molecule is COc1ccc(CC(=O)N(Cc2ccc(OC)cc2)[C@@H](C)C(=O)NC2CCCCC2)cc1. The summed E-state index contributed by atoms with van der Waals surface area (Å²) in [5, 5.41) is 3.17. The van der Waals surface area contributed by atoms with Crippen LogP contribution >= 0.6 is 0 Å². The fourth-order valence-electron chi connectivity index (χ4n) is 4.10. The minimum Gasteiger partial charge on any atom is -0.497 e. The van der Waals surface area contributed by atoms with Crippen LogP contribution in [0.5, 0.6) is 11.5 Å². The Kier molecular flexibility index (Phi) is 8.54. The average Bonchev–Trinajstić information content (AvgIpc) is 2.83. The van der Waals surface area contributed by atoms with E-state index in [2.05, 4.69) is 5.32 Å². The van der Waals surface area contributed by atoms with E-state index in [1.165, 1.54) is 6.42 Å². The maximum Gasteiger partial charge on any atom is 0.242 e. The standard InChI is InChI=1S/C26H34N2O4/c1-19(26(30)27-22-7-5-4-6-8-22)28(18-21-11-15-24(32-3)16-12-21)25(29)17-20-9-13-23(31-2)14-10-20/h9-16,19,22H,4-8,17-18H2,1-3H3,(H,27,30)/t19-/m0/s1. The van der Waals surface area contributed by atoms with Crippen LogP contribution in [0.1, 0.15) is 50.2 Å². The van der Waals surface area contributed by atoms with Gasteiger partial charge in [0.15, 0.2) is 0 Å². The molecule has 3 rings (SSSR count). The van der Waals surface area contributed by atoms with E-state index < -0.39 is 6.04 Å². The van der Waals surface area contributed by atoms with Gasteiger partial charge >= 0.3 is 0 Å². The Hall–Kier alpha value is -3.02. The van der Waals surface area contributed by atoms with Crippen LogP contribution in [-0.4, -0.2) is 43.0 Å². The Bertz CT molecular complexity index is 874. The lowest BCUT2D eigenvalue weighted by atomic mass is 9.95. The second-order valence-electron chi connectivity index (χ2n) is 8.41. The van der Waals surface area contributed by atoms with Gasteiger partial charge in [0.2, 0.25) is 11.8 Å². The van der Waals surface area contributed by atoms with Crippen LogP contribution in [-0.2, 0) is 22.6 Å². The van der Waals surface area contributed by atoms with Gasteiger partial charge in [0.1, 0.15) is 17.5 Å². The van der Waals surface area contributed by atoms with Crippen molar-refractivity contribution in [1.29, 1.82) is 0 Å². The second kappa shape index (κ2) is 11.6. The molecule has 172 valence electrons. The number of hydrogen-bond acceptors (Lipinski definition) is 4. The zero-order valence-electron chi connectivity index (χ0n) is 19.3. The topological polar surface area (TPSA) is 67.9 Å². The number of amides is 2. The van der Waals surface area contributed by atoms with Gasteiger partial charge in [0.05, 0.1) is 20.6 Å². The summed E-state index contributed by atoms with van der Waals surface area (Å²) in [5.74, 6) is 1.33. The molecule has 0 radical (unpaired) electrons. The monoisotopic (exact) mass is 438 g/mol. The first kappa shape index (κ1) is 23.6. The molecule has 0 spiro atoms. The summed E-state index contributed by atoms with van der Waals surface area (Å²) in [6.45, 7) is 2.17. The maximum atomic E-state index is 13.3. The molecule has 0 unspecified atom stereocenters. The number of methoxy groups -OCH3 is 2. The van der Waals surface area contributed by atoms with Gasteiger partial charge in [-0.2, -0.15) is 0 Å². The summed E-state index contributed by atoms with van der Waals surface area (Å²) in [6.07, 6.45) is 5.76. The van der Waals surface area contributed by atoms with Crippen LogP contribution in [0, 0.1) is 0 Å². The van der Waals surface area contributed by atoms with Crippen LogP contribution < -0.4 is 14.8 Å². The van der Waals surface area contributed by atoms with E-state index in [0.717, 1.165) is 48.3 Å². The van der Waals surface area contributed by atoms with Gasteiger partial charge in [0.25, 0.3) is 0 Å². The molecule has 2 amide bonds. The highest BCUT2D eigenvalue weighted by Crippen LogP contribution is 2.20. The molecule has 1 N–H and O–H groups in total. The predicted molar refractivity (Wildman–Crippen MR) is 125 cm³/mol. The van der Waals surface area contributed by atoms with E-state index in [1.54, 1.807) is 19.1 Å². The van der Waals surface area contributed by atoms with Crippen LogP contribution in [0.3, 0.4) is 0 Å². The number of carbonyl (C=O) groups is 2. The van der Waals surface area contributed by atoms with Gasteiger partial charge in [-0.25, -0.2) is 0 Å². The van der Waals surface area contributed by atoms with Crippen LogP contribution in [0.15, 0.2) is 48.5 Å². The number of rotatable bonds is 9. The Morgan fingerprint density at radius 3 is 1.97 bits per heavy atom. The molecule has 6 nitrogen and oxygen atoms in total. The third kappa shape index (κ3) is 6.49. The summed E-state index contributed by atoms with van der Waals surface area (Å²) < 4.78 is 10.4. The van der Waals surface area contributed by atoms with Crippen molar-refractivity contribution in [2.45, 2.75) is 64.1 Å². The minimum atomic E-state index is -0.565. The van der Waals surface area contributed by atoms with Crippen molar-refractivity contribution in [1.82, 2.24) is 10.2 Å². The molecule has 1 aliphatic rings. The quantitative estimate of drug-likeness (QED) is 0.640. The molecule has 0 bridgehead atoms. The molecule has 1 atom stereocenters. The largest absolute Gasteiger partial charge is 0.497 e. The van der Waals surface area contributed by atoms with Crippen molar-refractivity contribution in [3.8, 4) is 11.5 Å². The van der Waals surface area contributed by atoms with Crippen LogP contribution in [0.4, 0.5) is 0 Å². The molecular weight excluding hydrogens is 404 g/mol. The average molecular weight is 439 g/mol. The fraction of sp³-hybridized carbons (Fsp3) is 0.462. The first-order valence-corrected chi connectivity index (χ1v) is 11.4. The highest BCUT2D eigenvalue weighted by Gasteiger charge is 2.28. The zero-order chi connectivity index (χ0) is 22.9. The predicted octanol–water partition coefficient (Wildman–Crippen LogP) is 4.11. The molecule has 32 heavy (non-hydrogen) atoms. The van der Waals surface area contributed by atoms with Crippen molar-refractivity contribution in [3.05, 3.63) is 59.7 Å². The van der Waals surface area contributed by atoms with Crippen molar-refractivity contribution in [3.63, 3.8) is 0 Å². The third-order valence-electron chi connectivity index (χ3n) is 6.15. The maximum absolute atomic E-state index is 13.3. The Morgan fingerprint density at radius 2 is 1.44 bits per heavy atom. The number of hydrogen-bond donors (Lipinski definition) is 1. The summed E-state index contributed by atoms with van der Waals surface area (Å²) in [6, 6.07) is 14.7. The van der Waals surface area contributed by atoms with Crippen molar-refractivity contribution in [2.75, 3.05) is 14.2 Å². The van der Waals surface area contributed by atoms with Gasteiger partial charge in [-0.05, 0) is 55.2 Å². The Labute approximate surface area is 190 Å². The second-order valence-corrected chi connectivity index (χ2v) is 8.41. The van der Waals surface area contributed by atoms with E-state index in [4.69, 9.17) is 9.47 Å². The lowest BCUT2D eigenvalue weighted by Crippen LogP contribution is -2.50. The molecule has 1 saturated carbocycles. The van der Waals surface area contributed by atoms with E-state index >= 15 is 0 Å². The molecule has 1 aliphatic carbocycles. The first-order valence-electron chi connectivity index (χ1n) is 11.4. The highest BCUT2D eigenvalue weighted by molar-refractivity contribution is 5.88. The van der Waals surface area contributed by atoms with Crippen molar-refractivity contribution in [2.24, 2.45) is 0 Å². The summed E-state index contributed by atoms with van der Waals surface area (Å²) >= 11 is 0. The van der Waals surface area contributed by atoms with E-state index in [9.17, 15) is 9.59 Å². The van der Waals surface area contributed by atoms with E-state index in [1.807, 2.05) is 55.5 Å². The Balaban J connectivity index is 1.74. The number of benzene rings is 2. The fourth-order valence-corrected chi connectivity index (χ4v) is 4.10. The van der Waals surface area contributed by atoms with Gasteiger partial charge in [-0.15, -0.1) is 0 Å². The lowest BCUT2D eigenvalue weighted by molar-refractivity contribution is -0.140. The van der Waals surface area contributed by atoms with Crippen molar-refractivity contribution >= 4 is 11.8 Å². The number of carbonyl (C=O) groups excluding carboxylic acids is 2. The molecule has 1 fully saturated rings. The van der Waals surface area contributed by atoms with Gasteiger partial charge in [0, 0.05) is 12.6 Å². The summed E-state index contributed by atoms with van der Waals surface area (Å²) in [7, 11) is 3.24. The number of nitrogens with one attached hydrogen (secondary N) is 1. The van der Waals surface area contributed by atoms with Crippen molar-refractivity contribution < 1.29 is 19.1 Å². The van der Waals surface area contributed by atoms with Crippen LogP contribution in [0.2, 0.25) is 0 Å². The molecule has 0 aliphatic heterocycles. The summed E-state index contributed by atoms with van der Waals surface area (Å²) in [4.78, 5) is 28.0. The van der Waals surface area contributed by atoms with Gasteiger partial charge < -0.3 is 19.7 Å². The smallest absolute Gasteiger partial charge is 0.242 e. The first-order chi connectivity index (χ1) is 15.5. The molecule has 0 saturated heterocycles. The third-order valence-corrected chi connectivity index (χ3v) is 6.15. The number of nitrogens with zero attached hydrogens (tertiary/aromatic N) is 1. The molecule has 2 aromatic rings. The highest BCUT2D eigenvalue weighted by atomic mass is 16.5. The molecular formula is C26H34N2O4. The molecule has 0 heterocycles. The lowest BCUT2D eigenvalue weighted by Gasteiger charge is -2.31. The van der Waals surface area contributed by atoms with E-state index in [-0.39, 0.29) is 24.3 Å². The number of ether oxygens (including phenoxy) is 2. The zero-order valence-corrected chi connectivity index (χ0v) is 19.3. The minimum absolute atomic E-state index is 0.0859. The van der Waals surface area contributed by atoms with Gasteiger partial charge in [-0.1, -0.05) is 43.5 Å². The molecule has 0 aromatic heterocycles. The molecule has 6 heteroatoms. The molecule has 2 aromatic carbocycles.